The van der Waals surface area contributed by atoms with E-state index in [1.165, 1.54) is 172 Å². The minimum atomic E-state index is -1.19. The van der Waals surface area contributed by atoms with Gasteiger partial charge in [0.2, 0.25) is 0 Å². The maximum absolute atomic E-state index is 13.4. The van der Waals surface area contributed by atoms with E-state index < -0.39 is 17.9 Å². The number of ether oxygens (including phenoxy) is 2. The number of aromatic carboxylic acids is 1. The fraction of sp³-hybridized carbons (Fsp3) is 0.816. The maximum Gasteiger partial charge on any atom is 0.338 e. The molecule has 2 atom stereocenters. The fourth-order valence-corrected chi connectivity index (χ4v) is 7.72. The van der Waals surface area contributed by atoms with Gasteiger partial charge in [-0.1, -0.05) is 207 Å². The van der Waals surface area contributed by atoms with Gasteiger partial charge in [-0.2, -0.15) is 0 Å². The summed E-state index contributed by atoms with van der Waals surface area (Å²) in [4.78, 5) is 38.9. The summed E-state index contributed by atoms with van der Waals surface area (Å²) in [6, 6.07) is 4.11. The average molecular weight is 771 g/mol. The monoisotopic (exact) mass is 771 g/mol. The van der Waals surface area contributed by atoms with Gasteiger partial charge >= 0.3 is 17.9 Å². The van der Waals surface area contributed by atoms with E-state index in [2.05, 4.69) is 27.7 Å². The third-order valence-electron chi connectivity index (χ3n) is 11.4. The van der Waals surface area contributed by atoms with Crippen molar-refractivity contribution >= 4 is 17.9 Å². The van der Waals surface area contributed by atoms with Gasteiger partial charge in [0.1, 0.15) is 0 Å². The van der Waals surface area contributed by atoms with Gasteiger partial charge in [0.05, 0.1) is 29.9 Å². The van der Waals surface area contributed by atoms with Gasteiger partial charge in [0.15, 0.2) is 0 Å². The Morgan fingerprint density at radius 1 is 0.400 bits per heavy atom. The molecule has 0 aliphatic carbocycles. The standard InChI is InChI=1S/C49H86O6/c1-5-9-13-17-21-23-27-31-35-42(33-29-25-19-15-11-7-3)40-54-48(52)45-37-44(47(50)51)38-46(39-45)49(53)55-41-43(34-30-26-20-16-12-8-4)36-32-28-24-22-18-14-10-6-2/h37-39,42-43H,5-36,40-41H2,1-4H3,(H,50,51). The quantitative estimate of drug-likeness (QED) is 0.0529. The van der Waals surface area contributed by atoms with E-state index in [1.807, 2.05) is 0 Å². The number of benzene rings is 1. The molecule has 55 heavy (non-hydrogen) atoms. The Labute approximate surface area is 339 Å². The molecule has 1 aromatic rings. The molecule has 0 heterocycles. The molecule has 1 N–H and O–H groups in total. The van der Waals surface area contributed by atoms with E-state index >= 15 is 0 Å². The van der Waals surface area contributed by atoms with Crippen LogP contribution in [0.5, 0.6) is 0 Å². The lowest BCUT2D eigenvalue weighted by Crippen LogP contribution is -2.18. The lowest BCUT2D eigenvalue weighted by Gasteiger charge is -2.18. The summed E-state index contributed by atoms with van der Waals surface area (Å²) in [5.41, 5.74) is 0.0890. The number of carboxylic acid groups (broad SMARTS) is 1. The highest BCUT2D eigenvalue weighted by molar-refractivity contribution is 6.00. The van der Waals surface area contributed by atoms with E-state index in [0.717, 1.165) is 51.4 Å². The molecule has 0 spiro atoms. The van der Waals surface area contributed by atoms with Gasteiger partial charge in [-0.05, 0) is 55.7 Å². The van der Waals surface area contributed by atoms with Crippen LogP contribution in [-0.4, -0.2) is 36.2 Å². The predicted octanol–water partition coefficient (Wildman–Crippen LogP) is 15.5. The Bertz CT molecular complexity index is 1010. The van der Waals surface area contributed by atoms with Crippen LogP contribution in [0.25, 0.3) is 0 Å². The van der Waals surface area contributed by atoms with Crippen LogP contribution < -0.4 is 0 Å². The van der Waals surface area contributed by atoms with Gasteiger partial charge in [-0.15, -0.1) is 0 Å². The number of carbonyl (C=O) groups is 3. The number of unbranched alkanes of at least 4 members (excludes halogenated alkanes) is 24. The molecular weight excluding hydrogens is 685 g/mol. The van der Waals surface area contributed by atoms with Crippen molar-refractivity contribution in [2.75, 3.05) is 13.2 Å². The van der Waals surface area contributed by atoms with Crippen molar-refractivity contribution in [3.05, 3.63) is 34.9 Å². The van der Waals surface area contributed by atoms with Crippen LogP contribution in [-0.2, 0) is 9.47 Å². The zero-order chi connectivity index (χ0) is 40.2. The number of hydrogen-bond donors (Lipinski definition) is 1. The molecule has 0 amide bonds. The maximum atomic E-state index is 13.4. The lowest BCUT2D eigenvalue weighted by molar-refractivity contribution is 0.0419. The molecule has 0 aromatic heterocycles. The second kappa shape index (κ2) is 36.0. The summed E-state index contributed by atoms with van der Waals surface area (Å²) in [5.74, 6) is -1.76. The number of rotatable bonds is 39. The van der Waals surface area contributed by atoms with Crippen LogP contribution in [0.2, 0.25) is 0 Å². The van der Waals surface area contributed by atoms with Crippen molar-refractivity contribution < 1.29 is 29.0 Å². The van der Waals surface area contributed by atoms with Gasteiger partial charge in [0.25, 0.3) is 0 Å². The van der Waals surface area contributed by atoms with Gasteiger partial charge in [-0.3, -0.25) is 0 Å². The second-order valence-corrected chi connectivity index (χ2v) is 16.7. The highest BCUT2D eigenvalue weighted by atomic mass is 16.5. The van der Waals surface area contributed by atoms with Crippen molar-refractivity contribution in [3.63, 3.8) is 0 Å². The van der Waals surface area contributed by atoms with Crippen LogP contribution in [0.15, 0.2) is 18.2 Å². The number of esters is 2. The Kier molecular flexibility index (Phi) is 33.2. The first kappa shape index (κ1) is 50.6. The molecule has 1 aromatic carbocycles. The first-order valence-electron chi connectivity index (χ1n) is 23.6. The average Bonchev–Trinajstić information content (AvgIpc) is 3.19. The molecular formula is C49H86O6. The Hall–Kier alpha value is -2.37. The molecule has 318 valence electrons. The van der Waals surface area contributed by atoms with E-state index in [9.17, 15) is 19.5 Å². The van der Waals surface area contributed by atoms with E-state index in [4.69, 9.17) is 9.47 Å². The highest BCUT2D eigenvalue weighted by Crippen LogP contribution is 2.23. The Balaban J connectivity index is 2.84. The smallest absolute Gasteiger partial charge is 0.338 e. The van der Waals surface area contributed by atoms with Gasteiger partial charge in [0, 0.05) is 0 Å². The van der Waals surface area contributed by atoms with E-state index in [1.54, 1.807) is 0 Å². The number of carbonyl (C=O) groups excluding carboxylic acids is 2. The molecule has 1 rings (SSSR count). The van der Waals surface area contributed by atoms with Crippen molar-refractivity contribution in [3.8, 4) is 0 Å². The number of hydrogen-bond acceptors (Lipinski definition) is 5. The van der Waals surface area contributed by atoms with Crippen molar-refractivity contribution in [2.24, 2.45) is 11.8 Å². The normalized spacial score (nSPS) is 12.4. The summed E-state index contributed by atoms with van der Waals surface area (Å²) in [6.45, 7) is 9.61. The van der Waals surface area contributed by atoms with Crippen molar-refractivity contribution in [1.82, 2.24) is 0 Å². The van der Waals surface area contributed by atoms with Crippen LogP contribution in [0.3, 0.4) is 0 Å². The molecule has 0 aliphatic heterocycles. The third-order valence-corrected chi connectivity index (χ3v) is 11.4. The van der Waals surface area contributed by atoms with Gasteiger partial charge < -0.3 is 14.6 Å². The predicted molar refractivity (Wildman–Crippen MR) is 231 cm³/mol. The summed E-state index contributed by atoms with van der Waals surface area (Å²) < 4.78 is 11.7. The van der Waals surface area contributed by atoms with E-state index in [-0.39, 0.29) is 28.5 Å². The molecule has 6 heteroatoms. The summed E-state index contributed by atoms with van der Waals surface area (Å²) in [7, 11) is 0. The fourth-order valence-electron chi connectivity index (χ4n) is 7.72. The summed E-state index contributed by atoms with van der Waals surface area (Å²) >= 11 is 0. The minimum Gasteiger partial charge on any atom is -0.478 e. The molecule has 0 fully saturated rings. The Morgan fingerprint density at radius 3 is 0.891 bits per heavy atom. The molecule has 0 radical (unpaired) electrons. The third kappa shape index (κ3) is 27.8. The zero-order valence-electron chi connectivity index (χ0n) is 36.4. The topological polar surface area (TPSA) is 89.9 Å². The molecule has 0 bridgehead atoms. The molecule has 0 aliphatic rings. The first-order valence-corrected chi connectivity index (χ1v) is 23.6. The molecule has 2 unspecified atom stereocenters. The first-order chi connectivity index (χ1) is 26.9. The molecule has 0 saturated carbocycles. The van der Waals surface area contributed by atoms with Crippen LogP contribution in [0.1, 0.15) is 264 Å². The Morgan fingerprint density at radius 2 is 0.636 bits per heavy atom. The molecule has 0 saturated heterocycles. The summed E-state index contributed by atoms with van der Waals surface area (Å²) in [5, 5.41) is 9.88. The molecule has 6 nitrogen and oxygen atoms in total. The van der Waals surface area contributed by atoms with E-state index in [0.29, 0.717) is 13.2 Å². The van der Waals surface area contributed by atoms with Crippen molar-refractivity contribution in [1.29, 1.82) is 0 Å². The second-order valence-electron chi connectivity index (χ2n) is 16.7. The largest absolute Gasteiger partial charge is 0.478 e. The van der Waals surface area contributed by atoms with Crippen LogP contribution >= 0.6 is 0 Å². The SMILES string of the molecule is CCCCCCCCCCC(CCCCCCCC)COC(=O)c1cc(C(=O)O)cc(C(=O)OCC(CCCCCCCC)CCCCCCCCCC)c1. The minimum absolute atomic E-state index is 0.0970. The number of carboxylic acids is 1. The van der Waals surface area contributed by atoms with Crippen molar-refractivity contribution in [2.45, 2.75) is 233 Å². The van der Waals surface area contributed by atoms with Crippen LogP contribution in [0, 0.1) is 11.8 Å². The lowest BCUT2D eigenvalue weighted by atomic mass is 9.94. The summed E-state index contributed by atoms with van der Waals surface area (Å²) in [6.07, 6.45) is 39.1. The van der Waals surface area contributed by atoms with Crippen LogP contribution in [0.4, 0.5) is 0 Å². The van der Waals surface area contributed by atoms with Gasteiger partial charge in [-0.25, -0.2) is 14.4 Å². The highest BCUT2D eigenvalue weighted by Gasteiger charge is 2.21. The zero-order valence-corrected chi connectivity index (χ0v) is 36.4.